The Bertz CT molecular complexity index is 1810. The largest absolute Gasteiger partial charge is 3.00 e. The third-order valence-electron chi connectivity index (χ3n) is 7.40. The van der Waals surface area contributed by atoms with Gasteiger partial charge in [0.05, 0.1) is 43.8 Å². The van der Waals surface area contributed by atoms with Gasteiger partial charge in [0, 0.05) is 35.9 Å². The van der Waals surface area contributed by atoms with Crippen LogP contribution < -0.4 is 15.2 Å². The number of rotatable bonds is 6. The normalized spacial score (nSPS) is 9.94. The SMILES string of the molecule is CC(=N)N.COc1ccc(-c2c(C)cc(C)cc2-c2cnccn2)cc1.COc1ccc(-c2c(C)cc(C)cc2-c2cnccn2)cc1.[Ir+3]. The van der Waals surface area contributed by atoms with Crippen molar-refractivity contribution in [1.82, 2.24) is 19.9 Å². The van der Waals surface area contributed by atoms with E-state index in [9.17, 15) is 0 Å². The van der Waals surface area contributed by atoms with Crippen LogP contribution in [0.25, 0.3) is 44.8 Å². The summed E-state index contributed by atoms with van der Waals surface area (Å²) in [5, 5.41) is 6.28. The van der Waals surface area contributed by atoms with E-state index in [-0.39, 0.29) is 25.9 Å². The standard InChI is InChI=1S/2C19H18N2O.C2H6N2.Ir/c2*1-13-10-14(2)19(15-4-6-16(22-3)7-5-15)17(11-13)18-12-20-8-9-21-18;1-2(3)4;/h2*4-12H,1-3H3;1H3,(H3,3,4);/q;;;+3. The molecule has 8 nitrogen and oxygen atoms in total. The Morgan fingerprint density at radius 2 is 0.939 bits per heavy atom. The fourth-order valence-electron chi connectivity index (χ4n) is 5.50. The van der Waals surface area contributed by atoms with Crippen molar-refractivity contribution in [3.63, 3.8) is 0 Å². The molecule has 0 aliphatic rings. The van der Waals surface area contributed by atoms with E-state index in [0.717, 1.165) is 45.1 Å². The molecule has 0 unspecified atom stereocenters. The molecule has 6 aromatic rings. The summed E-state index contributed by atoms with van der Waals surface area (Å²) in [5.74, 6) is 1.88. The number of ether oxygens (including phenoxy) is 2. The first kappa shape index (κ1) is 38.2. The van der Waals surface area contributed by atoms with Gasteiger partial charge in [-0.05, 0) is 104 Å². The molecule has 2 heterocycles. The third-order valence-corrected chi connectivity index (χ3v) is 7.40. The zero-order chi connectivity index (χ0) is 34.6. The molecule has 0 aliphatic carbocycles. The fourth-order valence-corrected chi connectivity index (χ4v) is 5.50. The van der Waals surface area contributed by atoms with E-state index in [2.05, 4.69) is 96.2 Å². The third kappa shape index (κ3) is 10.4. The van der Waals surface area contributed by atoms with Gasteiger partial charge in [-0.1, -0.05) is 47.5 Å². The van der Waals surface area contributed by atoms with Crippen molar-refractivity contribution in [3.05, 3.63) is 132 Å². The zero-order valence-corrected chi connectivity index (χ0v) is 31.3. The Labute approximate surface area is 302 Å². The average molecular weight is 831 g/mol. The van der Waals surface area contributed by atoms with Crippen LogP contribution in [0.3, 0.4) is 0 Å². The molecule has 0 atom stereocenters. The number of aromatic nitrogens is 4. The van der Waals surface area contributed by atoms with E-state index < -0.39 is 0 Å². The summed E-state index contributed by atoms with van der Waals surface area (Å²) in [4.78, 5) is 17.3. The van der Waals surface area contributed by atoms with Crippen LogP contribution in [0.1, 0.15) is 29.2 Å². The predicted molar refractivity (Wildman–Crippen MR) is 195 cm³/mol. The Morgan fingerprint density at radius 1 is 0.592 bits per heavy atom. The Balaban J connectivity index is 0.000000235. The topological polar surface area (TPSA) is 120 Å². The second-order valence-electron chi connectivity index (χ2n) is 11.3. The number of aryl methyl sites for hydroxylation is 4. The number of hydrogen-bond donors (Lipinski definition) is 2. The van der Waals surface area contributed by atoms with Crippen LogP contribution in [0, 0.1) is 33.1 Å². The van der Waals surface area contributed by atoms with Gasteiger partial charge < -0.3 is 15.2 Å². The first-order valence-electron chi connectivity index (χ1n) is 15.5. The van der Waals surface area contributed by atoms with Crippen LogP contribution in [0.15, 0.2) is 110 Å². The number of nitrogens with two attached hydrogens (primary N) is 1. The number of hydrogen-bond acceptors (Lipinski definition) is 7. The van der Waals surface area contributed by atoms with Crippen LogP contribution in [-0.2, 0) is 20.1 Å². The van der Waals surface area contributed by atoms with E-state index in [1.807, 2.05) is 24.3 Å². The van der Waals surface area contributed by atoms with Gasteiger partial charge >= 0.3 is 20.1 Å². The minimum atomic E-state index is 0. The van der Waals surface area contributed by atoms with Crippen molar-refractivity contribution < 1.29 is 29.6 Å². The molecule has 0 saturated carbocycles. The van der Waals surface area contributed by atoms with Gasteiger partial charge in [-0.25, -0.2) is 0 Å². The molecule has 0 fully saturated rings. The van der Waals surface area contributed by atoms with E-state index in [0.29, 0.717) is 0 Å². The molecule has 4 aromatic carbocycles. The van der Waals surface area contributed by atoms with Crippen LogP contribution in [0.5, 0.6) is 11.5 Å². The molecular formula is C40H42IrN6O2+3. The Hall–Kier alpha value is -5.24. The van der Waals surface area contributed by atoms with Gasteiger partial charge in [-0.2, -0.15) is 0 Å². The molecule has 0 bridgehead atoms. The predicted octanol–water partition coefficient (Wildman–Crippen LogP) is 8.81. The summed E-state index contributed by atoms with van der Waals surface area (Å²) < 4.78 is 10.5. The summed E-state index contributed by atoms with van der Waals surface area (Å²) >= 11 is 0. The first-order valence-corrected chi connectivity index (χ1v) is 15.5. The summed E-state index contributed by atoms with van der Waals surface area (Å²) in [6.07, 6.45) is 10.5. The van der Waals surface area contributed by atoms with Gasteiger partial charge in [0.15, 0.2) is 0 Å². The van der Waals surface area contributed by atoms with Crippen molar-refractivity contribution in [2.75, 3.05) is 14.2 Å². The van der Waals surface area contributed by atoms with E-state index in [1.54, 1.807) is 51.4 Å². The monoisotopic (exact) mass is 831 g/mol. The average Bonchev–Trinajstić information content (AvgIpc) is 3.09. The summed E-state index contributed by atoms with van der Waals surface area (Å²) in [6.45, 7) is 9.99. The van der Waals surface area contributed by atoms with Gasteiger partial charge in [0.2, 0.25) is 0 Å². The van der Waals surface area contributed by atoms with Crippen molar-refractivity contribution >= 4 is 5.84 Å². The smallest absolute Gasteiger partial charge is 0.497 e. The molecule has 0 amide bonds. The zero-order valence-electron chi connectivity index (χ0n) is 28.9. The van der Waals surface area contributed by atoms with E-state index >= 15 is 0 Å². The minimum absolute atomic E-state index is 0. The van der Waals surface area contributed by atoms with Gasteiger partial charge in [0.25, 0.3) is 0 Å². The van der Waals surface area contributed by atoms with Gasteiger partial charge in [-0.3, -0.25) is 25.3 Å². The maximum atomic E-state index is 6.28. The summed E-state index contributed by atoms with van der Waals surface area (Å²) in [7, 11) is 3.36. The molecule has 9 heteroatoms. The minimum Gasteiger partial charge on any atom is -0.497 e. The molecule has 3 N–H and O–H groups in total. The molecule has 2 aromatic heterocycles. The molecule has 0 spiro atoms. The van der Waals surface area contributed by atoms with E-state index in [1.165, 1.54) is 40.3 Å². The Kier molecular flexibility index (Phi) is 14.3. The van der Waals surface area contributed by atoms with Crippen molar-refractivity contribution in [1.29, 1.82) is 5.41 Å². The first-order chi connectivity index (χ1) is 23.1. The number of amidine groups is 1. The number of nitrogens with zero attached hydrogens (tertiary/aromatic N) is 4. The van der Waals surface area contributed by atoms with Gasteiger partial charge in [-0.15, -0.1) is 0 Å². The maximum Gasteiger partial charge on any atom is 3.00 e. The molecule has 49 heavy (non-hydrogen) atoms. The van der Waals surface area contributed by atoms with Gasteiger partial charge in [0.1, 0.15) is 11.5 Å². The number of benzene rings is 4. The van der Waals surface area contributed by atoms with Crippen molar-refractivity contribution in [2.24, 2.45) is 5.73 Å². The summed E-state index contributed by atoms with van der Waals surface area (Å²) in [5.41, 5.74) is 18.3. The van der Waals surface area contributed by atoms with Crippen LogP contribution in [0.4, 0.5) is 0 Å². The van der Waals surface area contributed by atoms with Crippen LogP contribution in [0.2, 0.25) is 0 Å². The molecule has 250 valence electrons. The molecule has 6 rings (SSSR count). The van der Waals surface area contributed by atoms with E-state index in [4.69, 9.17) is 20.6 Å². The molecule has 0 saturated heterocycles. The second-order valence-corrected chi connectivity index (χ2v) is 11.3. The molecule has 0 aliphatic heterocycles. The van der Waals surface area contributed by atoms with Crippen molar-refractivity contribution in [3.8, 4) is 56.3 Å². The summed E-state index contributed by atoms with van der Waals surface area (Å²) in [6, 6.07) is 25.0. The van der Waals surface area contributed by atoms with Crippen LogP contribution >= 0.6 is 0 Å². The Morgan fingerprint density at radius 3 is 1.22 bits per heavy atom. The van der Waals surface area contributed by atoms with Crippen LogP contribution in [-0.4, -0.2) is 40.0 Å². The molecule has 0 radical (unpaired) electrons. The number of methoxy groups -OCH3 is 2. The van der Waals surface area contributed by atoms with Crippen molar-refractivity contribution in [2.45, 2.75) is 34.6 Å². The molecular weight excluding hydrogens is 789 g/mol. The fraction of sp³-hybridized carbons (Fsp3) is 0.175. The number of nitrogens with one attached hydrogen (secondary N) is 1. The maximum absolute atomic E-state index is 6.28. The quantitative estimate of drug-likeness (QED) is 0.127. The second kappa shape index (κ2) is 18.3.